The summed E-state index contributed by atoms with van der Waals surface area (Å²) < 4.78 is 5.16. The number of hydrogen-bond acceptors (Lipinski definition) is 4. The summed E-state index contributed by atoms with van der Waals surface area (Å²) in [5.74, 6) is -0.280. The minimum Gasteiger partial charge on any atom is -0.497 e. The molecule has 1 heterocycles. The molecule has 1 aromatic heterocycles. The van der Waals surface area contributed by atoms with Crippen LogP contribution in [0.3, 0.4) is 0 Å². The van der Waals surface area contributed by atoms with Gasteiger partial charge >= 0.3 is 5.97 Å². The first-order valence-electron chi connectivity index (χ1n) is 5.50. The van der Waals surface area contributed by atoms with Gasteiger partial charge in [-0.2, -0.15) is 0 Å². The average Bonchev–Trinajstić information content (AvgIpc) is 2.39. The number of hydrogen-bond donors (Lipinski definition) is 2. The minimum atomic E-state index is -0.958. The fraction of sp³-hybridized carbons (Fsp3) is 0.231. The Kier molecular flexibility index (Phi) is 3.43. The summed E-state index contributed by atoms with van der Waals surface area (Å²) in [7, 11) is 3.17. The van der Waals surface area contributed by atoms with E-state index in [9.17, 15) is 9.90 Å². The number of aliphatic carboxylic acids is 1. The van der Waals surface area contributed by atoms with Crippen molar-refractivity contribution in [3.8, 4) is 5.75 Å². The molecule has 2 aromatic rings. The Labute approximate surface area is 104 Å². The van der Waals surface area contributed by atoms with E-state index in [0.717, 1.165) is 10.8 Å². The Balaban J connectivity index is 2.65. The van der Waals surface area contributed by atoms with Crippen LogP contribution in [0.2, 0.25) is 0 Å². The first-order chi connectivity index (χ1) is 8.67. The van der Waals surface area contributed by atoms with E-state index >= 15 is 0 Å². The van der Waals surface area contributed by atoms with Crippen molar-refractivity contribution in [1.82, 2.24) is 10.3 Å². The molecule has 18 heavy (non-hydrogen) atoms. The zero-order valence-corrected chi connectivity index (χ0v) is 10.2. The molecule has 2 rings (SSSR count). The standard InChI is InChI=1S/C13H14N2O3/c1-14-12(13(16)17)11-10-7-9(18-2)4-3-8(10)5-6-15-11/h3-7,12,14H,1-2H3,(H,16,17). The third kappa shape index (κ3) is 2.12. The lowest BCUT2D eigenvalue weighted by Crippen LogP contribution is -2.26. The molecule has 5 nitrogen and oxygen atoms in total. The molecule has 0 aliphatic heterocycles. The molecule has 5 heteroatoms. The molecule has 0 saturated carbocycles. The normalized spacial score (nSPS) is 12.3. The van der Waals surface area contributed by atoms with E-state index in [2.05, 4.69) is 10.3 Å². The van der Waals surface area contributed by atoms with Crippen molar-refractivity contribution in [1.29, 1.82) is 0 Å². The summed E-state index contributed by atoms with van der Waals surface area (Å²) in [5, 5.41) is 13.6. The maximum absolute atomic E-state index is 11.2. The molecule has 0 fully saturated rings. The largest absolute Gasteiger partial charge is 0.497 e. The highest BCUT2D eigenvalue weighted by atomic mass is 16.5. The molecule has 0 aliphatic rings. The number of carboxylic acid groups (broad SMARTS) is 1. The van der Waals surface area contributed by atoms with Crippen LogP contribution in [0.15, 0.2) is 30.5 Å². The molecule has 94 valence electrons. The fourth-order valence-electron chi connectivity index (χ4n) is 1.90. The summed E-state index contributed by atoms with van der Waals surface area (Å²) in [5.41, 5.74) is 0.487. The number of fused-ring (bicyclic) bond motifs is 1. The number of nitrogens with one attached hydrogen (secondary N) is 1. The number of pyridine rings is 1. The average molecular weight is 246 g/mol. The fourth-order valence-corrected chi connectivity index (χ4v) is 1.90. The molecule has 0 spiro atoms. The van der Waals surface area contributed by atoms with Crippen molar-refractivity contribution in [2.45, 2.75) is 6.04 Å². The van der Waals surface area contributed by atoms with Crippen LogP contribution in [-0.4, -0.2) is 30.2 Å². The van der Waals surface area contributed by atoms with Gasteiger partial charge in [-0.3, -0.25) is 9.78 Å². The van der Waals surface area contributed by atoms with Gasteiger partial charge < -0.3 is 15.2 Å². The zero-order valence-electron chi connectivity index (χ0n) is 10.2. The smallest absolute Gasteiger partial charge is 0.326 e. The van der Waals surface area contributed by atoms with Gasteiger partial charge in [-0.15, -0.1) is 0 Å². The Hall–Kier alpha value is -2.14. The monoisotopic (exact) mass is 246 g/mol. The van der Waals surface area contributed by atoms with Crippen LogP contribution in [0, 0.1) is 0 Å². The number of methoxy groups -OCH3 is 1. The highest BCUT2D eigenvalue weighted by Crippen LogP contribution is 2.26. The molecule has 1 unspecified atom stereocenters. The molecule has 1 aromatic carbocycles. The number of benzene rings is 1. The van der Waals surface area contributed by atoms with Crippen molar-refractivity contribution in [3.05, 3.63) is 36.2 Å². The molecule has 0 bridgehead atoms. The van der Waals surface area contributed by atoms with E-state index < -0.39 is 12.0 Å². The van der Waals surface area contributed by atoms with Gasteiger partial charge in [-0.1, -0.05) is 6.07 Å². The van der Waals surface area contributed by atoms with Crippen LogP contribution in [-0.2, 0) is 4.79 Å². The van der Waals surface area contributed by atoms with Crippen LogP contribution >= 0.6 is 0 Å². The Morgan fingerprint density at radius 3 is 2.83 bits per heavy atom. The lowest BCUT2D eigenvalue weighted by atomic mass is 10.0. The Morgan fingerprint density at radius 1 is 1.44 bits per heavy atom. The quantitative estimate of drug-likeness (QED) is 0.857. The topological polar surface area (TPSA) is 71.5 Å². The van der Waals surface area contributed by atoms with E-state index in [-0.39, 0.29) is 0 Å². The van der Waals surface area contributed by atoms with Crippen molar-refractivity contribution < 1.29 is 14.6 Å². The zero-order chi connectivity index (χ0) is 13.1. The van der Waals surface area contributed by atoms with Crippen molar-refractivity contribution in [3.63, 3.8) is 0 Å². The van der Waals surface area contributed by atoms with Gasteiger partial charge in [0.1, 0.15) is 11.8 Å². The predicted octanol–water partition coefficient (Wildman–Crippen LogP) is 1.59. The lowest BCUT2D eigenvalue weighted by molar-refractivity contribution is -0.139. The molecule has 0 amide bonds. The molecular formula is C13H14N2O3. The minimum absolute atomic E-state index is 0.487. The van der Waals surface area contributed by atoms with Gasteiger partial charge in [0.25, 0.3) is 0 Å². The van der Waals surface area contributed by atoms with Gasteiger partial charge in [0, 0.05) is 11.6 Å². The van der Waals surface area contributed by atoms with Gasteiger partial charge in [0.05, 0.1) is 12.8 Å². The second-order valence-corrected chi connectivity index (χ2v) is 3.84. The van der Waals surface area contributed by atoms with Gasteiger partial charge in [-0.05, 0) is 30.6 Å². The van der Waals surface area contributed by atoms with Crippen molar-refractivity contribution in [2.24, 2.45) is 0 Å². The number of rotatable bonds is 4. The predicted molar refractivity (Wildman–Crippen MR) is 67.7 cm³/mol. The second kappa shape index (κ2) is 5.01. The first kappa shape index (κ1) is 12.3. The molecule has 0 aliphatic carbocycles. The van der Waals surface area contributed by atoms with E-state index in [1.165, 1.54) is 0 Å². The van der Waals surface area contributed by atoms with Gasteiger partial charge in [-0.25, -0.2) is 0 Å². The van der Waals surface area contributed by atoms with Crippen LogP contribution in [0.5, 0.6) is 5.75 Å². The summed E-state index contributed by atoms with van der Waals surface area (Å²) >= 11 is 0. The molecular weight excluding hydrogens is 232 g/mol. The molecule has 1 atom stereocenters. The maximum atomic E-state index is 11.2. The third-order valence-electron chi connectivity index (χ3n) is 2.81. The Bertz CT molecular complexity index is 583. The summed E-state index contributed by atoms with van der Waals surface area (Å²) in [6, 6.07) is 6.52. The summed E-state index contributed by atoms with van der Waals surface area (Å²) in [6.45, 7) is 0. The number of ether oxygens (including phenoxy) is 1. The molecule has 0 saturated heterocycles. The van der Waals surface area contributed by atoms with Gasteiger partial charge in [0.15, 0.2) is 0 Å². The Morgan fingerprint density at radius 2 is 2.22 bits per heavy atom. The van der Waals surface area contributed by atoms with E-state index in [1.54, 1.807) is 26.4 Å². The number of carbonyl (C=O) groups is 1. The van der Waals surface area contributed by atoms with Crippen LogP contribution < -0.4 is 10.1 Å². The van der Waals surface area contributed by atoms with Crippen LogP contribution in [0.1, 0.15) is 11.7 Å². The van der Waals surface area contributed by atoms with E-state index in [4.69, 9.17) is 4.74 Å². The number of nitrogens with zero attached hydrogens (tertiary/aromatic N) is 1. The van der Waals surface area contributed by atoms with Crippen molar-refractivity contribution >= 4 is 16.7 Å². The maximum Gasteiger partial charge on any atom is 0.326 e. The number of aromatic nitrogens is 1. The summed E-state index contributed by atoms with van der Waals surface area (Å²) in [6.07, 6.45) is 1.61. The lowest BCUT2D eigenvalue weighted by Gasteiger charge is -2.13. The second-order valence-electron chi connectivity index (χ2n) is 3.84. The number of likely N-dealkylation sites (N-methyl/N-ethyl adjacent to an activating group) is 1. The molecule has 0 radical (unpaired) electrons. The van der Waals surface area contributed by atoms with Crippen LogP contribution in [0.25, 0.3) is 10.8 Å². The van der Waals surface area contributed by atoms with E-state index in [1.807, 2.05) is 18.2 Å². The first-order valence-corrected chi connectivity index (χ1v) is 5.50. The van der Waals surface area contributed by atoms with Crippen molar-refractivity contribution in [2.75, 3.05) is 14.2 Å². The van der Waals surface area contributed by atoms with Crippen LogP contribution in [0.4, 0.5) is 0 Å². The highest BCUT2D eigenvalue weighted by Gasteiger charge is 2.21. The third-order valence-corrected chi connectivity index (χ3v) is 2.81. The summed E-state index contributed by atoms with van der Waals surface area (Å²) in [4.78, 5) is 15.4. The van der Waals surface area contributed by atoms with Gasteiger partial charge in [0.2, 0.25) is 0 Å². The molecule has 2 N–H and O–H groups in total. The SMILES string of the molecule is CNC(C(=O)O)c1nccc2ccc(OC)cc12. The van der Waals surface area contributed by atoms with E-state index in [0.29, 0.717) is 11.4 Å². The highest BCUT2D eigenvalue weighted by molar-refractivity contribution is 5.90. The number of carboxylic acids is 1.